The minimum absolute atomic E-state index is 0.112. The van der Waals surface area contributed by atoms with Crippen LogP contribution >= 0.6 is 11.3 Å². The Bertz CT molecular complexity index is 611. The number of hydrogen-bond acceptors (Lipinski definition) is 5. The first kappa shape index (κ1) is 15.1. The molecule has 0 spiro atoms. The van der Waals surface area contributed by atoms with Crippen LogP contribution in [0.3, 0.4) is 0 Å². The first-order chi connectivity index (χ1) is 10.8. The number of aliphatic hydroxyl groups is 1. The van der Waals surface area contributed by atoms with Crippen molar-refractivity contribution in [3.8, 4) is 10.8 Å². The number of thiophene rings is 1. The van der Waals surface area contributed by atoms with Crippen LogP contribution in [0.15, 0.2) is 28.2 Å². The van der Waals surface area contributed by atoms with E-state index in [9.17, 15) is 9.90 Å². The molecule has 1 saturated heterocycles. The fourth-order valence-electron chi connectivity index (χ4n) is 2.58. The number of rotatable bonds is 4. The minimum atomic E-state index is -0.112. The van der Waals surface area contributed by atoms with Crippen LogP contribution in [0, 0.1) is 5.92 Å². The summed E-state index contributed by atoms with van der Waals surface area (Å²) in [5.41, 5.74) is 0.701. The molecule has 22 heavy (non-hydrogen) atoms. The highest BCUT2D eigenvalue weighted by Crippen LogP contribution is 2.23. The third-order valence-electron chi connectivity index (χ3n) is 3.77. The maximum atomic E-state index is 12.1. The Kier molecular flexibility index (Phi) is 4.74. The lowest BCUT2D eigenvalue weighted by Gasteiger charge is -2.31. The number of amides is 2. The van der Waals surface area contributed by atoms with Gasteiger partial charge in [-0.1, -0.05) is 6.07 Å². The Morgan fingerprint density at radius 2 is 2.50 bits per heavy atom. The van der Waals surface area contributed by atoms with E-state index in [-0.39, 0.29) is 18.6 Å². The smallest absolute Gasteiger partial charge is 0.317 e. The second-order valence-corrected chi connectivity index (χ2v) is 6.36. The van der Waals surface area contributed by atoms with Gasteiger partial charge in [-0.3, -0.25) is 0 Å². The number of nitrogens with zero attached hydrogens (tertiary/aromatic N) is 2. The average molecular weight is 321 g/mol. The molecule has 0 aromatic carbocycles. The number of hydrogen-bond donors (Lipinski definition) is 2. The maximum Gasteiger partial charge on any atom is 0.317 e. The van der Waals surface area contributed by atoms with Crippen molar-refractivity contribution in [2.24, 2.45) is 5.92 Å². The van der Waals surface area contributed by atoms with Gasteiger partial charge in [-0.25, -0.2) is 9.78 Å². The van der Waals surface area contributed by atoms with E-state index in [1.807, 2.05) is 17.5 Å². The van der Waals surface area contributed by atoms with E-state index in [2.05, 4.69) is 10.3 Å². The van der Waals surface area contributed by atoms with Crippen LogP contribution < -0.4 is 5.32 Å². The zero-order chi connectivity index (χ0) is 15.4. The van der Waals surface area contributed by atoms with Gasteiger partial charge in [0.15, 0.2) is 0 Å². The number of oxazole rings is 1. The molecule has 118 valence electrons. The van der Waals surface area contributed by atoms with E-state index >= 15 is 0 Å². The Morgan fingerprint density at radius 1 is 1.59 bits per heavy atom. The summed E-state index contributed by atoms with van der Waals surface area (Å²) in [6, 6.07) is 3.78. The first-order valence-electron chi connectivity index (χ1n) is 7.38. The quantitative estimate of drug-likeness (QED) is 0.906. The van der Waals surface area contributed by atoms with Crippen LogP contribution in [0.5, 0.6) is 0 Å². The first-order valence-corrected chi connectivity index (χ1v) is 8.26. The topological polar surface area (TPSA) is 78.6 Å². The van der Waals surface area contributed by atoms with Crippen molar-refractivity contribution in [1.82, 2.24) is 15.2 Å². The zero-order valence-electron chi connectivity index (χ0n) is 12.2. The molecule has 0 radical (unpaired) electrons. The van der Waals surface area contributed by atoms with Crippen LogP contribution in [-0.2, 0) is 6.54 Å². The molecule has 2 amide bonds. The van der Waals surface area contributed by atoms with Gasteiger partial charge >= 0.3 is 6.03 Å². The van der Waals surface area contributed by atoms with E-state index in [4.69, 9.17) is 4.42 Å². The third-order valence-corrected chi connectivity index (χ3v) is 4.63. The molecule has 0 saturated carbocycles. The largest absolute Gasteiger partial charge is 0.443 e. The number of piperidine rings is 1. The van der Waals surface area contributed by atoms with Crippen LogP contribution in [0.2, 0.25) is 0 Å². The SMILES string of the molecule is O=C(NCc1coc(-c2cccs2)n1)N1CCCC(CO)C1. The molecule has 1 fully saturated rings. The molecular formula is C15H19N3O3S. The number of carbonyl (C=O) groups excluding carboxylic acids is 1. The van der Waals surface area contributed by atoms with Gasteiger partial charge in [0.2, 0.25) is 5.89 Å². The van der Waals surface area contributed by atoms with Gasteiger partial charge in [0.25, 0.3) is 0 Å². The molecule has 6 nitrogen and oxygen atoms in total. The fraction of sp³-hybridized carbons (Fsp3) is 0.467. The second kappa shape index (κ2) is 6.93. The van der Waals surface area contributed by atoms with Crippen molar-refractivity contribution in [1.29, 1.82) is 0 Å². The third kappa shape index (κ3) is 3.48. The molecule has 2 aromatic heterocycles. The summed E-state index contributed by atoms with van der Waals surface area (Å²) < 4.78 is 5.42. The Balaban J connectivity index is 1.53. The molecule has 1 aliphatic heterocycles. The van der Waals surface area contributed by atoms with Gasteiger partial charge in [0.1, 0.15) is 6.26 Å². The van der Waals surface area contributed by atoms with Crippen molar-refractivity contribution in [2.75, 3.05) is 19.7 Å². The molecule has 1 atom stereocenters. The molecule has 0 aliphatic carbocycles. The Hall–Kier alpha value is -1.86. The maximum absolute atomic E-state index is 12.1. The fourth-order valence-corrected chi connectivity index (χ4v) is 3.23. The highest BCUT2D eigenvalue weighted by Gasteiger charge is 2.23. The molecule has 2 N–H and O–H groups in total. The summed E-state index contributed by atoms with van der Waals surface area (Å²) in [4.78, 5) is 19.2. The van der Waals surface area contributed by atoms with Crippen LogP contribution in [0.1, 0.15) is 18.5 Å². The summed E-state index contributed by atoms with van der Waals surface area (Å²) in [7, 11) is 0. The van der Waals surface area contributed by atoms with Crippen LogP contribution in [0.25, 0.3) is 10.8 Å². The molecule has 1 aliphatic rings. The Labute approximate surface area is 132 Å². The normalized spacial score (nSPS) is 18.4. The Morgan fingerprint density at radius 3 is 3.27 bits per heavy atom. The molecule has 1 unspecified atom stereocenters. The number of nitrogens with one attached hydrogen (secondary N) is 1. The lowest BCUT2D eigenvalue weighted by molar-refractivity contribution is 0.129. The van der Waals surface area contributed by atoms with Crippen molar-refractivity contribution in [2.45, 2.75) is 19.4 Å². The van der Waals surface area contributed by atoms with E-state index in [0.29, 0.717) is 24.7 Å². The zero-order valence-corrected chi connectivity index (χ0v) is 13.0. The molecule has 3 heterocycles. The number of likely N-dealkylation sites (tertiary alicyclic amines) is 1. The molecule has 7 heteroatoms. The number of carbonyl (C=O) groups is 1. The van der Waals surface area contributed by atoms with Gasteiger partial charge in [-0.15, -0.1) is 11.3 Å². The number of aliphatic hydroxyl groups excluding tert-OH is 1. The molecular weight excluding hydrogens is 302 g/mol. The standard InChI is InChI=1S/C15H19N3O3S/c19-9-11-3-1-5-18(8-11)15(20)16-7-12-10-21-14(17-12)13-4-2-6-22-13/h2,4,6,10-11,19H,1,3,5,7-9H2,(H,16,20). The van der Waals surface area contributed by atoms with E-state index in [1.165, 1.54) is 0 Å². The average Bonchev–Trinajstić information content (AvgIpc) is 3.23. The lowest BCUT2D eigenvalue weighted by atomic mass is 9.99. The highest BCUT2D eigenvalue weighted by atomic mass is 32.1. The van der Waals surface area contributed by atoms with Gasteiger partial charge in [0.05, 0.1) is 17.1 Å². The van der Waals surface area contributed by atoms with Gasteiger partial charge in [-0.2, -0.15) is 0 Å². The van der Waals surface area contributed by atoms with E-state index < -0.39 is 0 Å². The van der Waals surface area contributed by atoms with Crippen molar-refractivity contribution in [3.63, 3.8) is 0 Å². The molecule has 0 bridgehead atoms. The molecule has 3 rings (SSSR count). The monoisotopic (exact) mass is 321 g/mol. The predicted molar refractivity (Wildman–Crippen MR) is 83.4 cm³/mol. The van der Waals surface area contributed by atoms with Crippen molar-refractivity contribution >= 4 is 17.4 Å². The number of aromatic nitrogens is 1. The van der Waals surface area contributed by atoms with Gasteiger partial charge in [-0.05, 0) is 30.2 Å². The summed E-state index contributed by atoms with van der Waals surface area (Å²) in [6.07, 6.45) is 3.49. The summed E-state index contributed by atoms with van der Waals surface area (Å²) in [5, 5.41) is 14.0. The highest BCUT2D eigenvalue weighted by molar-refractivity contribution is 7.13. The summed E-state index contributed by atoms with van der Waals surface area (Å²) in [5.74, 6) is 0.773. The van der Waals surface area contributed by atoms with Crippen LogP contribution in [-0.4, -0.2) is 40.7 Å². The van der Waals surface area contributed by atoms with Crippen molar-refractivity contribution in [3.05, 3.63) is 29.5 Å². The van der Waals surface area contributed by atoms with E-state index in [0.717, 1.165) is 24.3 Å². The van der Waals surface area contributed by atoms with Crippen LogP contribution in [0.4, 0.5) is 4.79 Å². The summed E-state index contributed by atoms with van der Waals surface area (Å²) >= 11 is 1.56. The second-order valence-electron chi connectivity index (χ2n) is 5.42. The van der Waals surface area contributed by atoms with Gasteiger partial charge in [0, 0.05) is 19.7 Å². The molecule has 2 aromatic rings. The minimum Gasteiger partial charge on any atom is -0.443 e. The summed E-state index contributed by atoms with van der Waals surface area (Å²) in [6.45, 7) is 1.83. The predicted octanol–water partition coefficient (Wildman–Crippen LogP) is 2.32. The van der Waals surface area contributed by atoms with Crippen molar-refractivity contribution < 1.29 is 14.3 Å². The lowest BCUT2D eigenvalue weighted by Crippen LogP contribution is -2.45. The number of urea groups is 1. The van der Waals surface area contributed by atoms with Gasteiger partial charge < -0.3 is 19.7 Å². The van der Waals surface area contributed by atoms with E-state index in [1.54, 1.807) is 22.5 Å².